The molecule has 8 N–H and O–H groups in total. The quantitative estimate of drug-likeness (QED) is 0.154. The van der Waals surface area contributed by atoms with E-state index in [1.165, 1.54) is 0 Å². The number of hydrogen-bond acceptors (Lipinski definition) is 8. The first-order valence-electron chi connectivity index (χ1n) is 9.00. The second-order valence-corrected chi connectivity index (χ2v) is 6.47. The fourth-order valence-corrected chi connectivity index (χ4v) is 2.64. The number of carbonyl (C=O) groups is 5. The van der Waals surface area contributed by atoms with Gasteiger partial charge in [-0.25, -0.2) is 4.79 Å². The van der Waals surface area contributed by atoms with Gasteiger partial charge in [0.2, 0.25) is 17.7 Å². The average Bonchev–Trinajstić information content (AvgIpc) is 3.21. The highest BCUT2D eigenvalue weighted by molar-refractivity contribution is 5.94. The summed E-state index contributed by atoms with van der Waals surface area (Å²) in [5.41, 5.74) is 0. The molecule has 1 heterocycles. The van der Waals surface area contributed by atoms with E-state index in [-0.39, 0.29) is 6.42 Å². The summed E-state index contributed by atoms with van der Waals surface area (Å²) in [6.45, 7) is -1.16. The van der Waals surface area contributed by atoms with Gasteiger partial charge in [0.05, 0.1) is 19.3 Å². The molecule has 0 aliphatic carbocycles. The molecule has 0 aromatic heterocycles. The van der Waals surface area contributed by atoms with Crippen LogP contribution in [0.25, 0.3) is 0 Å². The highest BCUT2D eigenvalue weighted by Gasteiger charge is 2.31. The van der Waals surface area contributed by atoms with E-state index in [4.69, 9.17) is 15.3 Å². The van der Waals surface area contributed by atoms with Crippen molar-refractivity contribution in [3.63, 3.8) is 0 Å². The normalized spacial score (nSPS) is 18.9. The third-order valence-corrected chi connectivity index (χ3v) is 4.27. The van der Waals surface area contributed by atoms with Crippen molar-refractivity contribution in [2.45, 2.75) is 49.9 Å². The van der Waals surface area contributed by atoms with Crippen LogP contribution in [0.4, 0.5) is 0 Å². The summed E-state index contributed by atoms with van der Waals surface area (Å²) in [5, 5.41) is 45.4. The molecule has 1 aliphatic heterocycles. The summed E-state index contributed by atoms with van der Waals surface area (Å²) in [6, 6.07) is -5.00. The molecule has 29 heavy (non-hydrogen) atoms. The molecule has 164 valence electrons. The van der Waals surface area contributed by atoms with Gasteiger partial charge in [0.15, 0.2) is 0 Å². The van der Waals surface area contributed by atoms with Gasteiger partial charge in [-0.3, -0.25) is 19.2 Å². The van der Waals surface area contributed by atoms with Crippen LogP contribution >= 0.6 is 0 Å². The van der Waals surface area contributed by atoms with Gasteiger partial charge in [-0.05, 0) is 25.8 Å². The standard InChI is InChI=1S/C16H26N4O9/c21-6-10(15(27)20-11(7-22)16(28)29)19-14(26)9(3-4-12(23)24)18-13(25)8-2-1-5-17-8/h8-11,17,21-22H,1-7H2,(H,18,25)(H,19,26)(H,20,27)(H,23,24)(H,28,29). The number of aliphatic hydroxyl groups excluding tert-OH is 2. The zero-order valence-corrected chi connectivity index (χ0v) is 15.6. The number of hydrogen-bond donors (Lipinski definition) is 8. The Morgan fingerprint density at radius 1 is 0.897 bits per heavy atom. The molecule has 3 amide bonds. The molecule has 4 atom stereocenters. The summed E-state index contributed by atoms with van der Waals surface area (Å²) >= 11 is 0. The molecule has 0 radical (unpaired) electrons. The topological polar surface area (TPSA) is 214 Å². The Bertz CT molecular complexity index is 622. The number of rotatable bonds is 12. The lowest BCUT2D eigenvalue weighted by Gasteiger charge is -2.23. The predicted molar refractivity (Wildman–Crippen MR) is 95.5 cm³/mol. The van der Waals surface area contributed by atoms with E-state index in [1.807, 2.05) is 5.32 Å². The Morgan fingerprint density at radius 2 is 1.48 bits per heavy atom. The molecule has 1 fully saturated rings. The number of carboxylic acids is 2. The minimum Gasteiger partial charge on any atom is -0.481 e. The van der Waals surface area contributed by atoms with Crippen LogP contribution in [0, 0.1) is 0 Å². The monoisotopic (exact) mass is 418 g/mol. The van der Waals surface area contributed by atoms with Crippen LogP contribution in [0.1, 0.15) is 25.7 Å². The van der Waals surface area contributed by atoms with Gasteiger partial charge in [0.1, 0.15) is 18.1 Å². The molecule has 0 saturated carbocycles. The molecule has 0 aromatic rings. The Morgan fingerprint density at radius 3 is 1.97 bits per heavy atom. The third kappa shape index (κ3) is 8.01. The molecule has 0 bridgehead atoms. The van der Waals surface area contributed by atoms with Crippen LogP contribution in [-0.2, 0) is 24.0 Å². The van der Waals surface area contributed by atoms with Crippen LogP contribution in [0.15, 0.2) is 0 Å². The Labute approximate surface area is 165 Å². The van der Waals surface area contributed by atoms with Gasteiger partial charge >= 0.3 is 11.9 Å². The molecule has 13 nitrogen and oxygen atoms in total. The summed E-state index contributed by atoms with van der Waals surface area (Å²) in [5.74, 6) is -5.19. The van der Waals surface area contributed by atoms with Gasteiger partial charge in [0, 0.05) is 6.42 Å². The first-order chi connectivity index (χ1) is 13.7. The van der Waals surface area contributed by atoms with Crippen molar-refractivity contribution in [3.05, 3.63) is 0 Å². The molecule has 0 aromatic carbocycles. The van der Waals surface area contributed by atoms with E-state index in [2.05, 4.69) is 16.0 Å². The molecule has 1 rings (SSSR count). The van der Waals surface area contributed by atoms with Crippen molar-refractivity contribution >= 4 is 29.7 Å². The number of carbonyl (C=O) groups excluding carboxylic acids is 3. The van der Waals surface area contributed by atoms with Crippen molar-refractivity contribution in [3.8, 4) is 0 Å². The second-order valence-electron chi connectivity index (χ2n) is 6.47. The van der Waals surface area contributed by atoms with Crippen LogP contribution in [0.3, 0.4) is 0 Å². The summed E-state index contributed by atoms with van der Waals surface area (Å²) in [7, 11) is 0. The van der Waals surface area contributed by atoms with E-state index >= 15 is 0 Å². The van der Waals surface area contributed by atoms with Crippen molar-refractivity contribution in [2.24, 2.45) is 0 Å². The minimum atomic E-state index is -1.63. The van der Waals surface area contributed by atoms with Crippen molar-refractivity contribution in [2.75, 3.05) is 19.8 Å². The van der Waals surface area contributed by atoms with Crippen LogP contribution < -0.4 is 21.3 Å². The van der Waals surface area contributed by atoms with Gasteiger partial charge < -0.3 is 41.7 Å². The number of aliphatic hydroxyl groups is 2. The van der Waals surface area contributed by atoms with Gasteiger partial charge in [0.25, 0.3) is 0 Å². The molecule has 1 aliphatic rings. The van der Waals surface area contributed by atoms with Gasteiger partial charge in [-0.2, -0.15) is 0 Å². The van der Waals surface area contributed by atoms with Gasteiger partial charge in [-0.1, -0.05) is 0 Å². The van der Waals surface area contributed by atoms with Crippen molar-refractivity contribution in [1.82, 2.24) is 21.3 Å². The number of carboxylic acid groups (broad SMARTS) is 2. The molecular weight excluding hydrogens is 392 g/mol. The van der Waals surface area contributed by atoms with Crippen LogP contribution in [0.5, 0.6) is 0 Å². The summed E-state index contributed by atoms with van der Waals surface area (Å²) in [6.07, 6.45) is 0.636. The first-order valence-corrected chi connectivity index (χ1v) is 9.00. The fourth-order valence-electron chi connectivity index (χ4n) is 2.64. The van der Waals surface area contributed by atoms with E-state index in [9.17, 15) is 29.1 Å². The highest BCUT2D eigenvalue weighted by Crippen LogP contribution is 2.07. The van der Waals surface area contributed by atoms with E-state index < -0.39 is 73.5 Å². The lowest BCUT2D eigenvalue weighted by Crippen LogP contribution is -2.58. The Kier molecular flexibility index (Phi) is 9.99. The summed E-state index contributed by atoms with van der Waals surface area (Å²) < 4.78 is 0. The largest absolute Gasteiger partial charge is 0.481 e. The molecule has 1 saturated heterocycles. The third-order valence-electron chi connectivity index (χ3n) is 4.27. The van der Waals surface area contributed by atoms with Crippen LogP contribution in [-0.4, -0.2) is 94.0 Å². The predicted octanol–water partition coefficient (Wildman–Crippen LogP) is -3.87. The lowest BCUT2D eigenvalue weighted by atomic mass is 10.1. The maximum absolute atomic E-state index is 12.5. The zero-order valence-electron chi connectivity index (χ0n) is 15.6. The summed E-state index contributed by atoms with van der Waals surface area (Å²) in [4.78, 5) is 58.5. The lowest BCUT2D eigenvalue weighted by molar-refractivity contribution is -0.143. The van der Waals surface area contributed by atoms with E-state index in [1.54, 1.807) is 0 Å². The minimum absolute atomic E-state index is 0.256. The average molecular weight is 418 g/mol. The number of amides is 3. The maximum Gasteiger partial charge on any atom is 0.328 e. The Balaban J connectivity index is 2.78. The number of aliphatic carboxylic acids is 2. The molecule has 13 heteroatoms. The first kappa shape index (κ1) is 24.3. The smallest absolute Gasteiger partial charge is 0.328 e. The van der Waals surface area contributed by atoms with Crippen molar-refractivity contribution in [1.29, 1.82) is 0 Å². The zero-order chi connectivity index (χ0) is 22.0. The fraction of sp³-hybridized carbons (Fsp3) is 0.688. The van der Waals surface area contributed by atoms with E-state index in [0.29, 0.717) is 13.0 Å². The molecule has 0 spiro atoms. The molecular formula is C16H26N4O9. The SMILES string of the molecule is O=C(O)CCC(NC(=O)C1CCCN1)C(=O)NC(CO)C(=O)NC(CO)C(=O)O. The highest BCUT2D eigenvalue weighted by atomic mass is 16.4. The second kappa shape index (κ2) is 11.9. The van der Waals surface area contributed by atoms with E-state index in [0.717, 1.165) is 6.42 Å². The van der Waals surface area contributed by atoms with Crippen LogP contribution in [0.2, 0.25) is 0 Å². The van der Waals surface area contributed by atoms with Gasteiger partial charge in [-0.15, -0.1) is 0 Å². The number of nitrogens with one attached hydrogen (secondary N) is 4. The maximum atomic E-state index is 12.5. The Hall–Kier alpha value is -2.77. The van der Waals surface area contributed by atoms with Crippen molar-refractivity contribution < 1.29 is 44.4 Å². The molecule has 4 unspecified atom stereocenters.